The predicted octanol–water partition coefficient (Wildman–Crippen LogP) is -5.83. The first kappa shape index (κ1) is 19.9. The summed E-state index contributed by atoms with van der Waals surface area (Å²) in [6.07, 6.45) is 1.54. The van der Waals surface area contributed by atoms with E-state index in [1.54, 1.807) is 0 Å². The maximum atomic E-state index is 9.41. The number of aliphatic carboxylic acids is 4. The smallest absolute Gasteiger partial charge is 0.545 e. The first-order chi connectivity index (χ1) is 7.25. The Balaban J connectivity index is -0.000000218. The Labute approximate surface area is 96.1 Å². The molecule has 0 aromatic heterocycles. The average molecular weight is 240 g/mol. The SMILES string of the molecule is O=C([O-])/C=C\C(=O)[O-].O=C([O-])/C=C\C(=O)[O-].[C+4]. The van der Waals surface area contributed by atoms with E-state index in [2.05, 4.69) is 0 Å². The quantitative estimate of drug-likeness (QED) is 0.439. The normalized spacial score (nSPS) is 8.94. The molecule has 8 heteroatoms. The molecule has 0 aliphatic rings. The van der Waals surface area contributed by atoms with Gasteiger partial charge in [-0.3, -0.25) is 0 Å². The topological polar surface area (TPSA) is 161 Å². The molecule has 0 amide bonds. The fourth-order valence-corrected chi connectivity index (χ4v) is 0.272. The largest absolute Gasteiger partial charge is 4.00 e. The summed E-state index contributed by atoms with van der Waals surface area (Å²) >= 11 is 0. The molecule has 0 aliphatic carbocycles. The van der Waals surface area contributed by atoms with Gasteiger partial charge in [0.15, 0.2) is 0 Å². The van der Waals surface area contributed by atoms with Crippen molar-refractivity contribution in [1.29, 1.82) is 0 Å². The molecule has 0 bridgehead atoms. The monoisotopic (exact) mass is 240 g/mol. The van der Waals surface area contributed by atoms with Crippen molar-refractivity contribution in [2.24, 2.45) is 0 Å². The van der Waals surface area contributed by atoms with E-state index in [-0.39, 0.29) is 7.43 Å². The molecule has 0 atom stereocenters. The summed E-state index contributed by atoms with van der Waals surface area (Å²) in [5.74, 6) is -6.19. The zero-order valence-corrected chi connectivity index (χ0v) is 8.08. The predicted molar refractivity (Wildman–Crippen MR) is 41.6 cm³/mol. The van der Waals surface area contributed by atoms with Crippen LogP contribution in [0.25, 0.3) is 0 Å². The van der Waals surface area contributed by atoms with Crippen molar-refractivity contribution in [3.63, 3.8) is 0 Å². The van der Waals surface area contributed by atoms with Gasteiger partial charge in [0.1, 0.15) is 0 Å². The van der Waals surface area contributed by atoms with Crippen LogP contribution in [0.2, 0.25) is 0 Å². The molecule has 0 N–H and O–H groups in total. The minimum Gasteiger partial charge on any atom is -0.545 e. The van der Waals surface area contributed by atoms with E-state index in [0.29, 0.717) is 24.3 Å². The molecule has 0 aromatic carbocycles. The Morgan fingerprint density at radius 1 is 0.529 bits per heavy atom. The number of carboxylic acids is 4. The Morgan fingerprint density at radius 3 is 0.706 bits per heavy atom. The van der Waals surface area contributed by atoms with Gasteiger partial charge in [-0.15, -0.1) is 0 Å². The summed E-state index contributed by atoms with van der Waals surface area (Å²) in [6.45, 7) is 0. The van der Waals surface area contributed by atoms with Gasteiger partial charge in [0, 0.05) is 0 Å². The second-order valence-electron chi connectivity index (χ2n) is 1.94. The molecule has 0 rings (SSSR count). The van der Waals surface area contributed by atoms with E-state index in [0.717, 1.165) is 0 Å². The summed E-state index contributed by atoms with van der Waals surface area (Å²) < 4.78 is 0. The summed E-state index contributed by atoms with van der Waals surface area (Å²) in [7, 11) is 0. The van der Waals surface area contributed by atoms with E-state index < -0.39 is 23.9 Å². The number of carbonyl (C=O) groups is 4. The zero-order chi connectivity index (χ0) is 13.1. The van der Waals surface area contributed by atoms with E-state index in [4.69, 9.17) is 0 Å². The molecule has 8 nitrogen and oxygen atoms in total. The van der Waals surface area contributed by atoms with Gasteiger partial charge >= 0.3 is 7.43 Å². The second-order valence-corrected chi connectivity index (χ2v) is 1.94. The van der Waals surface area contributed by atoms with Crippen molar-refractivity contribution in [3.05, 3.63) is 31.7 Å². The first-order valence-electron chi connectivity index (χ1n) is 3.45. The van der Waals surface area contributed by atoms with Gasteiger partial charge in [-0.2, -0.15) is 0 Å². The van der Waals surface area contributed by atoms with E-state index in [1.165, 1.54) is 0 Å². The molecule has 0 heterocycles. The number of hydrogen-bond acceptors (Lipinski definition) is 8. The molecule has 0 radical (unpaired) electrons. The van der Waals surface area contributed by atoms with E-state index in [1.807, 2.05) is 0 Å². The Morgan fingerprint density at radius 2 is 0.647 bits per heavy atom. The molecule has 0 saturated heterocycles. The van der Waals surface area contributed by atoms with Crippen LogP contribution in [0.15, 0.2) is 24.3 Å². The summed E-state index contributed by atoms with van der Waals surface area (Å²) in [6, 6.07) is 0. The Hall–Kier alpha value is -2.64. The van der Waals surface area contributed by atoms with Crippen LogP contribution in [0.4, 0.5) is 0 Å². The van der Waals surface area contributed by atoms with Crippen molar-refractivity contribution in [2.75, 3.05) is 0 Å². The maximum absolute atomic E-state index is 9.41. The minimum atomic E-state index is -1.55. The number of hydrogen-bond donors (Lipinski definition) is 0. The first-order valence-corrected chi connectivity index (χ1v) is 3.45. The Kier molecular flexibility index (Phi) is 13.4. The van der Waals surface area contributed by atoms with Crippen molar-refractivity contribution in [3.8, 4) is 0 Å². The van der Waals surface area contributed by atoms with Crippen LogP contribution in [0.5, 0.6) is 0 Å². The maximum Gasteiger partial charge on any atom is 4.00 e. The Bertz CT molecular complexity index is 273. The zero-order valence-electron chi connectivity index (χ0n) is 8.08. The fourth-order valence-electron chi connectivity index (χ4n) is 0.272. The molecule has 0 aromatic rings. The van der Waals surface area contributed by atoms with Crippen molar-refractivity contribution >= 4 is 23.9 Å². The minimum absolute atomic E-state index is 0. The standard InChI is InChI=1S/2C4H4O4.C/c2*5-3(6)1-2-4(7)8;/h2*1-2H,(H,5,6)(H,7,8);/q;;+4/p-4/b2*2-1-;. The van der Waals surface area contributed by atoms with Crippen LogP contribution in [0.1, 0.15) is 0 Å². The third-order valence-corrected chi connectivity index (χ3v) is 0.711. The summed E-state index contributed by atoms with van der Waals surface area (Å²) in [5.41, 5.74) is 0. The van der Waals surface area contributed by atoms with Crippen LogP contribution in [-0.2, 0) is 19.2 Å². The molecule has 17 heavy (non-hydrogen) atoms. The molecule has 0 spiro atoms. The van der Waals surface area contributed by atoms with E-state index >= 15 is 0 Å². The average Bonchev–Trinajstić information content (AvgIpc) is 2.12. The van der Waals surface area contributed by atoms with Crippen molar-refractivity contribution < 1.29 is 39.6 Å². The fraction of sp³-hybridized carbons (Fsp3) is 0. The number of rotatable bonds is 4. The molecule has 0 saturated carbocycles. The van der Waals surface area contributed by atoms with Crippen molar-refractivity contribution in [2.45, 2.75) is 0 Å². The molecule has 0 fully saturated rings. The van der Waals surface area contributed by atoms with E-state index in [9.17, 15) is 39.6 Å². The summed E-state index contributed by atoms with van der Waals surface area (Å²) in [5, 5.41) is 37.7. The van der Waals surface area contributed by atoms with Gasteiger partial charge < -0.3 is 39.6 Å². The van der Waals surface area contributed by atoms with Crippen LogP contribution in [-0.4, -0.2) is 23.9 Å². The van der Waals surface area contributed by atoms with Gasteiger partial charge in [-0.1, -0.05) is 0 Å². The van der Waals surface area contributed by atoms with Gasteiger partial charge in [-0.05, 0) is 24.3 Å². The summed E-state index contributed by atoms with van der Waals surface area (Å²) in [4.78, 5) is 37.7. The molecular weight excluding hydrogens is 236 g/mol. The number of carbonyl (C=O) groups excluding carboxylic acids is 4. The molecular formula is C9H4O8. The van der Waals surface area contributed by atoms with Crippen LogP contribution < -0.4 is 20.4 Å². The number of carboxylic acid groups (broad SMARTS) is 4. The van der Waals surface area contributed by atoms with Gasteiger partial charge in [0.25, 0.3) is 0 Å². The molecule has 0 aliphatic heterocycles. The van der Waals surface area contributed by atoms with Gasteiger partial charge in [-0.25, -0.2) is 0 Å². The molecule has 0 unspecified atom stereocenters. The van der Waals surface area contributed by atoms with Gasteiger partial charge in [0.2, 0.25) is 0 Å². The molecule has 88 valence electrons. The van der Waals surface area contributed by atoms with Crippen LogP contribution >= 0.6 is 0 Å². The second kappa shape index (κ2) is 11.4. The van der Waals surface area contributed by atoms with Crippen molar-refractivity contribution in [1.82, 2.24) is 0 Å². The third kappa shape index (κ3) is 31.8. The van der Waals surface area contributed by atoms with Crippen LogP contribution in [0, 0.1) is 7.43 Å². The third-order valence-electron chi connectivity index (χ3n) is 0.711. The van der Waals surface area contributed by atoms with Gasteiger partial charge in [0.05, 0.1) is 23.9 Å². The van der Waals surface area contributed by atoms with Crippen LogP contribution in [0.3, 0.4) is 0 Å².